The van der Waals surface area contributed by atoms with Crippen LogP contribution in [0.4, 0.5) is 0 Å². The molecule has 0 spiro atoms. The maximum Gasteiger partial charge on any atom is 2.00 e. The molecule has 2 rings (SSSR count). The molecular weight excluding hydrogens is 345 g/mol. The van der Waals surface area contributed by atoms with Gasteiger partial charge in [0.25, 0.3) is 0 Å². The standard InChI is InChI=1S/C18H32N5.Ni/c1-15-17-7-3-8-18(22-17)16(2)21-11-6-14-23(12-4-9-19)13-5-10-20-15;/h3,7,17-18H,4-6,8-14,19H2,1-2H3;/q-1;+2. The van der Waals surface area contributed by atoms with E-state index in [2.05, 4.69) is 30.9 Å². The van der Waals surface area contributed by atoms with E-state index < -0.39 is 0 Å². The molecule has 2 heterocycles. The van der Waals surface area contributed by atoms with Crippen LogP contribution in [0.15, 0.2) is 22.1 Å². The minimum absolute atomic E-state index is 0. The first kappa shape index (κ1) is 21.5. The summed E-state index contributed by atoms with van der Waals surface area (Å²) in [6.45, 7) is 10.1. The van der Waals surface area contributed by atoms with Gasteiger partial charge in [0, 0.05) is 13.1 Å². The minimum atomic E-state index is 0. The quantitative estimate of drug-likeness (QED) is 0.606. The van der Waals surface area contributed by atoms with E-state index in [0.717, 1.165) is 76.4 Å². The summed E-state index contributed by atoms with van der Waals surface area (Å²) in [5.74, 6) is 0. The molecule has 0 aromatic carbocycles. The Bertz CT molecular complexity index is 447. The van der Waals surface area contributed by atoms with Gasteiger partial charge < -0.3 is 16.0 Å². The topological polar surface area (TPSA) is 68.1 Å². The average Bonchev–Trinajstić information content (AvgIpc) is 2.58. The largest absolute Gasteiger partial charge is 2.00 e. The third-order valence-corrected chi connectivity index (χ3v) is 4.59. The smallest absolute Gasteiger partial charge is 0.644 e. The zero-order valence-corrected chi connectivity index (χ0v) is 16.1. The number of rotatable bonds is 3. The predicted octanol–water partition coefficient (Wildman–Crippen LogP) is 2.42. The van der Waals surface area contributed by atoms with Crippen LogP contribution in [-0.4, -0.2) is 67.7 Å². The van der Waals surface area contributed by atoms with Crippen molar-refractivity contribution in [3.05, 3.63) is 17.5 Å². The average molecular weight is 377 g/mol. The minimum Gasteiger partial charge on any atom is -0.644 e. The summed E-state index contributed by atoms with van der Waals surface area (Å²) >= 11 is 0. The summed E-state index contributed by atoms with van der Waals surface area (Å²) in [6, 6.07) is 0.363. The van der Waals surface area contributed by atoms with Crippen molar-refractivity contribution in [2.45, 2.75) is 51.6 Å². The fourth-order valence-electron chi connectivity index (χ4n) is 3.11. The molecule has 0 amide bonds. The van der Waals surface area contributed by atoms with E-state index in [9.17, 15) is 0 Å². The maximum absolute atomic E-state index is 5.66. The van der Waals surface area contributed by atoms with Crippen LogP contribution >= 0.6 is 0 Å². The molecule has 2 aliphatic rings. The molecule has 138 valence electrons. The van der Waals surface area contributed by atoms with Crippen LogP contribution in [0.25, 0.3) is 5.32 Å². The van der Waals surface area contributed by atoms with Gasteiger partial charge >= 0.3 is 16.5 Å². The van der Waals surface area contributed by atoms with Crippen molar-refractivity contribution in [2.24, 2.45) is 15.7 Å². The normalized spacial score (nSPS) is 26.8. The zero-order chi connectivity index (χ0) is 16.5. The fourth-order valence-corrected chi connectivity index (χ4v) is 3.11. The molecule has 2 atom stereocenters. The number of fused-ring (bicyclic) bond motifs is 2. The van der Waals surface area contributed by atoms with E-state index in [4.69, 9.17) is 21.0 Å². The van der Waals surface area contributed by atoms with E-state index in [-0.39, 0.29) is 28.6 Å². The van der Waals surface area contributed by atoms with Crippen molar-refractivity contribution in [1.29, 1.82) is 0 Å². The Kier molecular flexibility index (Phi) is 10.7. The van der Waals surface area contributed by atoms with Gasteiger partial charge in [-0.05, 0) is 77.1 Å². The van der Waals surface area contributed by atoms with Crippen LogP contribution in [0.5, 0.6) is 0 Å². The molecule has 5 nitrogen and oxygen atoms in total. The van der Waals surface area contributed by atoms with Crippen LogP contribution in [0.3, 0.4) is 0 Å². The van der Waals surface area contributed by atoms with Crippen LogP contribution in [0.2, 0.25) is 0 Å². The first-order valence-corrected chi connectivity index (χ1v) is 9.01. The fraction of sp³-hybridized carbons (Fsp3) is 0.778. The molecule has 0 aromatic heterocycles. The second-order valence-electron chi connectivity index (χ2n) is 6.51. The predicted molar refractivity (Wildman–Crippen MR) is 100.0 cm³/mol. The molecule has 0 aliphatic carbocycles. The molecular formula is C18H32N5Ni+. The molecule has 6 heteroatoms. The summed E-state index contributed by atoms with van der Waals surface area (Å²) in [4.78, 5) is 12.0. The van der Waals surface area contributed by atoms with E-state index >= 15 is 0 Å². The van der Waals surface area contributed by atoms with Crippen LogP contribution < -0.4 is 5.73 Å². The first-order chi connectivity index (χ1) is 11.2. The van der Waals surface area contributed by atoms with Crippen LogP contribution in [0.1, 0.15) is 39.5 Å². The number of nitrogens with zero attached hydrogens (tertiary/aromatic N) is 4. The van der Waals surface area contributed by atoms with E-state index in [0.29, 0.717) is 0 Å². The number of hydrogen-bond donors (Lipinski definition) is 1. The van der Waals surface area contributed by atoms with Gasteiger partial charge in [0.1, 0.15) is 0 Å². The summed E-state index contributed by atoms with van der Waals surface area (Å²) in [5.41, 5.74) is 7.95. The van der Waals surface area contributed by atoms with Gasteiger partial charge in [0.15, 0.2) is 0 Å². The summed E-state index contributed by atoms with van der Waals surface area (Å²) < 4.78 is 0. The number of hydrogen-bond acceptors (Lipinski definition) is 4. The second-order valence-corrected chi connectivity index (χ2v) is 6.51. The van der Waals surface area contributed by atoms with Gasteiger partial charge in [0.2, 0.25) is 0 Å². The molecule has 0 saturated heterocycles. The molecule has 2 N–H and O–H groups in total. The molecule has 0 radical (unpaired) electrons. The second kappa shape index (κ2) is 11.9. The van der Waals surface area contributed by atoms with Crippen molar-refractivity contribution in [2.75, 3.05) is 39.3 Å². The van der Waals surface area contributed by atoms with E-state index in [1.165, 1.54) is 0 Å². The SMILES string of the molecule is CC1=NCCCN(CCCN)CCCN=C(C)C2CC=CC1[N-]2.[Ni+2]. The third kappa shape index (κ3) is 7.14. The van der Waals surface area contributed by atoms with Gasteiger partial charge in [-0.1, -0.05) is 18.2 Å². The van der Waals surface area contributed by atoms with Crippen molar-refractivity contribution in [3.63, 3.8) is 0 Å². The Hall–Kier alpha value is -0.546. The molecule has 2 aliphatic heterocycles. The molecule has 0 fully saturated rings. The molecule has 0 aromatic rings. The Labute approximate surface area is 157 Å². The maximum atomic E-state index is 5.66. The molecule has 24 heavy (non-hydrogen) atoms. The molecule has 2 bridgehead atoms. The molecule has 2 unspecified atom stereocenters. The Morgan fingerprint density at radius 2 is 1.83 bits per heavy atom. The van der Waals surface area contributed by atoms with Crippen molar-refractivity contribution < 1.29 is 16.5 Å². The summed E-state index contributed by atoms with van der Waals surface area (Å²) in [5, 5.41) is 4.91. The van der Waals surface area contributed by atoms with Crippen molar-refractivity contribution in [1.82, 2.24) is 4.90 Å². The zero-order valence-electron chi connectivity index (χ0n) is 15.1. The van der Waals surface area contributed by atoms with Crippen LogP contribution in [-0.2, 0) is 16.5 Å². The van der Waals surface area contributed by atoms with Gasteiger partial charge in [-0.15, -0.1) is 6.08 Å². The van der Waals surface area contributed by atoms with Crippen molar-refractivity contribution >= 4 is 11.4 Å². The monoisotopic (exact) mass is 376 g/mol. The van der Waals surface area contributed by atoms with Gasteiger partial charge in [-0.2, -0.15) is 0 Å². The Balaban J connectivity index is 0.00000288. The van der Waals surface area contributed by atoms with Gasteiger partial charge in [-0.25, -0.2) is 0 Å². The van der Waals surface area contributed by atoms with E-state index in [1.807, 2.05) is 0 Å². The number of aliphatic imine (C=N–C) groups is 2. The molecule has 0 saturated carbocycles. The number of nitrogens with two attached hydrogens (primary N) is 1. The Morgan fingerprint density at radius 1 is 1.17 bits per heavy atom. The van der Waals surface area contributed by atoms with Crippen LogP contribution in [0, 0.1) is 0 Å². The summed E-state index contributed by atoms with van der Waals surface area (Å²) in [7, 11) is 0. The van der Waals surface area contributed by atoms with Crippen molar-refractivity contribution in [3.8, 4) is 0 Å². The van der Waals surface area contributed by atoms with Gasteiger partial charge in [-0.3, -0.25) is 9.98 Å². The summed E-state index contributed by atoms with van der Waals surface area (Å²) in [6.07, 6.45) is 8.67. The Morgan fingerprint density at radius 3 is 2.50 bits per heavy atom. The van der Waals surface area contributed by atoms with Gasteiger partial charge in [0.05, 0.1) is 0 Å². The third-order valence-electron chi connectivity index (χ3n) is 4.59. The van der Waals surface area contributed by atoms with E-state index in [1.54, 1.807) is 0 Å². The first-order valence-electron chi connectivity index (χ1n) is 9.01.